The molecule has 1 nitrogen and oxygen atoms in total. The van der Waals surface area contributed by atoms with E-state index in [0.717, 1.165) is 18.8 Å². The summed E-state index contributed by atoms with van der Waals surface area (Å²) in [4.78, 5) is 0. The molecule has 0 rings (SSSR count). The van der Waals surface area contributed by atoms with E-state index >= 15 is 0 Å². The molecule has 0 aliphatic carbocycles. The van der Waals surface area contributed by atoms with Crippen LogP contribution in [0.2, 0.25) is 0 Å². The van der Waals surface area contributed by atoms with Crippen LogP contribution in [0.25, 0.3) is 0 Å². The van der Waals surface area contributed by atoms with Crippen LogP contribution in [0.1, 0.15) is 46.5 Å². The summed E-state index contributed by atoms with van der Waals surface area (Å²) in [7, 11) is 0. The minimum absolute atomic E-state index is 0.295. The molecule has 0 heterocycles. The van der Waals surface area contributed by atoms with Gasteiger partial charge in [-0.1, -0.05) is 27.2 Å². The van der Waals surface area contributed by atoms with Crippen LogP contribution in [0.15, 0.2) is 0 Å². The topological polar surface area (TPSA) is 23.8 Å². The zero-order valence-electron chi connectivity index (χ0n) is 7.93. The highest BCUT2D eigenvalue weighted by molar-refractivity contribution is 4.81. The van der Waals surface area contributed by atoms with Crippen LogP contribution in [0.3, 0.4) is 0 Å². The fraction of sp³-hybridized carbons (Fsp3) is 0.900. The molecular weight excluding hydrogens is 134 g/mol. The lowest BCUT2D eigenvalue weighted by Crippen LogP contribution is -1.99. The molecule has 11 heavy (non-hydrogen) atoms. The van der Waals surface area contributed by atoms with Crippen molar-refractivity contribution in [2.45, 2.75) is 46.5 Å². The van der Waals surface area contributed by atoms with Crippen LogP contribution in [0.4, 0.5) is 0 Å². The van der Waals surface area contributed by atoms with Crippen molar-refractivity contribution in [3.8, 4) is 6.07 Å². The maximum Gasteiger partial charge on any atom is 0.0655 e. The molecule has 0 aromatic heterocycles. The molecule has 1 heteroatoms. The number of nitriles is 1. The smallest absolute Gasteiger partial charge is 0.0655 e. The standard InChI is InChI=1S/C10H19N/c1-4-9(3)6-7-10(5-2)8-11/h9-10H,4-7H2,1-3H3. The molecule has 0 amide bonds. The number of hydrogen-bond donors (Lipinski definition) is 0. The number of hydrogen-bond acceptors (Lipinski definition) is 1. The lowest BCUT2D eigenvalue weighted by Gasteiger charge is -2.09. The van der Waals surface area contributed by atoms with E-state index < -0.39 is 0 Å². The maximum atomic E-state index is 8.66. The van der Waals surface area contributed by atoms with Crippen molar-refractivity contribution in [1.82, 2.24) is 0 Å². The Bertz CT molecular complexity index is 123. The van der Waals surface area contributed by atoms with Gasteiger partial charge in [0, 0.05) is 5.92 Å². The quantitative estimate of drug-likeness (QED) is 0.594. The van der Waals surface area contributed by atoms with Gasteiger partial charge in [0.25, 0.3) is 0 Å². The summed E-state index contributed by atoms with van der Waals surface area (Å²) >= 11 is 0. The van der Waals surface area contributed by atoms with Crippen molar-refractivity contribution in [3.05, 3.63) is 0 Å². The van der Waals surface area contributed by atoms with Gasteiger partial charge in [-0.05, 0) is 25.2 Å². The predicted molar refractivity (Wildman–Crippen MR) is 48.1 cm³/mol. The van der Waals surface area contributed by atoms with E-state index in [1.165, 1.54) is 12.8 Å². The highest BCUT2D eigenvalue weighted by Gasteiger charge is 2.06. The fourth-order valence-corrected chi connectivity index (χ4v) is 1.05. The van der Waals surface area contributed by atoms with Crippen LogP contribution in [0.5, 0.6) is 0 Å². The Hall–Kier alpha value is -0.510. The van der Waals surface area contributed by atoms with Gasteiger partial charge >= 0.3 is 0 Å². The van der Waals surface area contributed by atoms with Crippen molar-refractivity contribution >= 4 is 0 Å². The van der Waals surface area contributed by atoms with Gasteiger partial charge in [0.05, 0.1) is 6.07 Å². The minimum atomic E-state index is 0.295. The number of nitrogens with zero attached hydrogens (tertiary/aromatic N) is 1. The molecule has 0 fully saturated rings. The maximum absolute atomic E-state index is 8.66. The first-order chi connectivity index (χ1) is 5.24. The lowest BCUT2D eigenvalue weighted by atomic mass is 9.95. The Balaban J connectivity index is 3.44. The molecule has 0 N–H and O–H groups in total. The van der Waals surface area contributed by atoms with Gasteiger partial charge in [-0.15, -0.1) is 0 Å². The lowest BCUT2D eigenvalue weighted by molar-refractivity contribution is 0.444. The third-order valence-electron chi connectivity index (χ3n) is 2.38. The number of rotatable bonds is 5. The van der Waals surface area contributed by atoms with Crippen molar-refractivity contribution < 1.29 is 0 Å². The normalized spacial score (nSPS) is 15.5. The van der Waals surface area contributed by atoms with Gasteiger partial charge in [-0.3, -0.25) is 0 Å². The second-order valence-corrected chi connectivity index (χ2v) is 3.33. The van der Waals surface area contributed by atoms with Crippen LogP contribution in [0, 0.1) is 23.2 Å². The minimum Gasteiger partial charge on any atom is -0.198 e. The van der Waals surface area contributed by atoms with Crippen molar-refractivity contribution in [2.24, 2.45) is 11.8 Å². The summed E-state index contributed by atoms with van der Waals surface area (Å²) in [5.41, 5.74) is 0. The summed E-state index contributed by atoms with van der Waals surface area (Å²) in [6.07, 6.45) is 4.54. The zero-order chi connectivity index (χ0) is 8.69. The molecule has 0 aromatic rings. The van der Waals surface area contributed by atoms with Crippen molar-refractivity contribution in [1.29, 1.82) is 5.26 Å². The van der Waals surface area contributed by atoms with Gasteiger partial charge < -0.3 is 0 Å². The predicted octanol–water partition coefficient (Wildman–Crippen LogP) is 3.36. The fourth-order valence-electron chi connectivity index (χ4n) is 1.05. The molecule has 64 valence electrons. The first-order valence-electron chi connectivity index (χ1n) is 4.64. The van der Waals surface area contributed by atoms with E-state index in [9.17, 15) is 0 Å². The molecule has 0 aliphatic rings. The Morgan fingerprint density at radius 1 is 1.18 bits per heavy atom. The monoisotopic (exact) mass is 153 g/mol. The van der Waals surface area contributed by atoms with Crippen molar-refractivity contribution in [2.75, 3.05) is 0 Å². The second-order valence-electron chi connectivity index (χ2n) is 3.33. The molecule has 0 aliphatic heterocycles. The zero-order valence-corrected chi connectivity index (χ0v) is 7.93. The van der Waals surface area contributed by atoms with E-state index in [4.69, 9.17) is 5.26 Å². The SMILES string of the molecule is CCC(C)CCC(C#N)CC. The van der Waals surface area contributed by atoms with Crippen LogP contribution in [-0.2, 0) is 0 Å². The Kier molecular flexibility index (Phi) is 5.93. The molecule has 0 aromatic carbocycles. The third-order valence-corrected chi connectivity index (χ3v) is 2.38. The molecule has 2 atom stereocenters. The summed E-state index contributed by atoms with van der Waals surface area (Å²) in [5.74, 6) is 1.08. The molecular formula is C10H19N. The van der Waals surface area contributed by atoms with E-state index in [1.54, 1.807) is 0 Å². The van der Waals surface area contributed by atoms with E-state index in [-0.39, 0.29) is 0 Å². The average molecular weight is 153 g/mol. The average Bonchev–Trinajstić information content (AvgIpc) is 2.06. The van der Waals surface area contributed by atoms with Gasteiger partial charge in [0.1, 0.15) is 0 Å². The Morgan fingerprint density at radius 3 is 2.18 bits per heavy atom. The molecule has 0 radical (unpaired) electrons. The molecule has 0 saturated heterocycles. The molecule has 0 bridgehead atoms. The van der Waals surface area contributed by atoms with E-state index in [0.29, 0.717) is 5.92 Å². The molecule has 2 unspecified atom stereocenters. The van der Waals surface area contributed by atoms with E-state index in [1.807, 2.05) is 0 Å². The van der Waals surface area contributed by atoms with Gasteiger partial charge in [0.15, 0.2) is 0 Å². The summed E-state index contributed by atoms with van der Waals surface area (Å²) in [6.45, 7) is 6.55. The first kappa shape index (κ1) is 10.5. The van der Waals surface area contributed by atoms with Crippen LogP contribution in [-0.4, -0.2) is 0 Å². The summed E-state index contributed by atoms with van der Waals surface area (Å²) < 4.78 is 0. The van der Waals surface area contributed by atoms with Crippen molar-refractivity contribution in [3.63, 3.8) is 0 Å². The van der Waals surface area contributed by atoms with Crippen LogP contribution < -0.4 is 0 Å². The van der Waals surface area contributed by atoms with Gasteiger partial charge in [-0.2, -0.15) is 5.26 Å². The van der Waals surface area contributed by atoms with E-state index in [2.05, 4.69) is 26.8 Å². The van der Waals surface area contributed by atoms with Gasteiger partial charge in [0.2, 0.25) is 0 Å². The molecule has 0 saturated carbocycles. The first-order valence-corrected chi connectivity index (χ1v) is 4.64. The summed E-state index contributed by atoms with van der Waals surface area (Å²) in [5, 5.41) is 8.66. The van der Waals surface area contributed by atoms with Crippen LogP contribution >= 0.6 is 0 Å². The highest BCUT2D eigenvalue weighted by atomic mass is 14.3. The second kappa shape index (κ2) is 6.22. The highest BCUT2D eigenvalue weighted by Crippen LogP contribution is 2.16. The molecule has 0 spiro atoms. The third kappa shape index (κ3) is 4.84. The summed E-state index contributed by atoms with van der Waals surface area (Å²) in [6, 6.07) is 2.33. The Labute approximate surface area is 70.4 Å². The van der Waals surface area contributed by atoms with Gasteiger partial charge in [-0.25, -0.2) is 0 Å². The Morgan fingerprint density at radius 2 is 1.82 bits per heavy atom. The largest absolute Gasteiger partial charge is 0.198 e.